The first-order valence-corrected chi connectivity index (χ1v) is 14.3. The first-order chi connectivity index (χ1) is 17.7. The molecule has 0 unspecified atom stereocenters. The molecular weight excluding hydrogens is 500 g/mol. The van der Waals surface area contributed by atoms with Gasteiger partial charge in [0, 0.05) is 30.3 Å². The molecule has 196 valence electrons. The monoisotopic (exact) mass is 536 g/mol. The Morgan fingerprint density at radius 1 is 0.919 bits per heavy atom. The summed E-state index contributed by atoms with van der Waals surface area (Å²) in [5.74, 6) is 1.10. The molecule has 3 aromatic rings. The van der Waals surface area contributed by atoms with Crippen LogP contribution < -0.4 is 5.32 Å². The zero-order valence-corrected chi connectivity index (χ0v) is 23.7. The second-order valence-corrected chi connectivity index (χ2v) is 11.3. The third kappa shape index (κ3) is 9.24. The highest BCUT2D eigenvalue weighted by atomic mass is 35.5. The molecule has 0 saturated carbocycles. The van der Waals surface area contributed by atoms with Gasteiger partial charge in [0.25, 0.3) is 0 Å². The van der Waals surface area contributed by atoms with Crippen LogP contribution in [0.4, 0.5) is 0 Å². The highest BCUT2D eigenvalue weighted by Crippen LogP contribution is 2.22. The van der Waals surface area contributed by atoms with Gasteiger partial charge in [-0.2, -0.15) is 0 Å². The number of hydrogen-bond acceptors (Lipinski definition) is 3. The van der Waals surface area contributed by atoms with Gasteiger partial charge >= 0.3 is 0 Å². The molecule has 3 rings (SSSR count). The fraction of sp³-hybridized carbons (Fsp3) is 0.355. The Hall–Kier alpha value is -2.76. The van der Waals surface area contributed by atoms with Crippen molar-refractivity contribution in [3.63, 3.8) is 0 Å². The number of halogens is 1. The molecule has 0 saturated heterocycles. The highest BCUT2D eigenvalue weighted by Gasteiger charge is 2.30. The van der Waals surface area contributed by atoms with Crippen LogP contribution in [0.25, 0.3) is 0 Å². The molecule has 0 aliphatic rings. The summed E-state index contributed by atoms with van der Waals surface area (Å²) in [7, 11) is 0. The van der Waals surface area contributed by atoms with E-state index >= 15 is 0 Å². The summed E-state index contributed by atoms with van der Waals surface area (Å²) in [5, 5.41) is 3.65. The van der Waals surface area contributed by atoms with E-state index in [1.165, 1.54) is 16.7 Å². The second-order valence-electron chi connectivity index (χ2n) is 9.95. The van der Waals surface area contributed by atoms with Gasteiger partial charge < -0.3 is 10.2 Å². The van der Waals surface area contributed by atoms with Gasteiger partial charge in [-0.3, -0.25) is 9.59 Å². The predicted molar refractivity (Wildman–Crippen MR) is 156 cm³/mol. The maximum absolute atomic E-state index is 13.7. The lowest BCUT2D eigenvalue weighted by atomic mass is 10.0. The average Bonchev–Trinajstić information content (AvgIpc) is 2.85. The Balaban J connectivity index is 1.86. The molecule has 0 aliphatic heterocycles. The van der Waals surface area contributed by atoms with Gasteiger partial charge in [0.15, 0.2) is 0 Å². The van der Waals surface area contributed by atoms with E-state index < -0.39 is 6.04 Å². The Kier molecular flexibility index (Phi) is 11.1. The summed E-state index contributed by atoms with van der Waals surface area (Å²) < 4.78 is 0. The maximum Gasteiger partial charge on any atom is 0.243 e. The number of aryl methyl sites for hydroxylation is 2. The van der Waals surface area contributed by atoms with E-state index in [0.29, 0.717) is 23.9 Å². The number of rotatable bonds is 12. The molecule has 0 aromatic heterocycles. The van der Waals surface area contributed by atoms with E-state index in [-0.39, 0.29) is 24.1 Å². The molecular formula is C31H37ClN2O2S. The largest absolute Gasteiger partial charge is 0.354 e. The van der Waals surface area contributed by atoms with Gasteiger partial charge in [0.05, 0.1) is 5.75 Å². The Bertz CT molecular complexity index is 1160. The van der Waals surface area contributed by atoms with E-state index in [0.717, 1.165) is 16.9 Å². The number of carbonyl (C=O) groups is 2. The minimum atomic E-state index is -0.647. The zero-order chi connectivity index (χ0) is 26.8. The number of nitrogens with zero attached hydrogens (tertiary/aromatic N) is 1. The Morgan fingerprint density at radius 2 is 1.57 bits per heavy atom. The highest BCUT2D eigenvalue weighted by molar-refractivity contribution is 7.99. The normalized spacial score (nSPS) is 11.8. The van der Waals surface area contributed by atoms with Crippen LogP contribution in [-0.2, 0) is 28.3 Å². The fourth-order valence-electron chi connectivity index (χ4n) is 4.28. The smallest absolute Gasteiger partial charge is 0.243 e. The van der Waals surface area contributed by atoms with Gasteiger partial charge in [-0.25, -0.2) is 0 Å². The van der Waals surface area contributed by atoms with Crippen LogP contribution >= 0.6 is 23.4 Å². The molecule has 2 amide bonds. The van der Waals surface area contributed by atoms with Gasteiger partial charge in [-0.15, -0.1) is 11.8 Å². The van der Waals surface area contributed by atoms with Crippen LogP contribution in [0.5, 0.6) is 0 Å². The van der Waals surface area contributed by atoms with Crippen molar-refractivity contribution in [2.24, 2.45) is 5.92 Å². The summed E-state index contributed by atoms with van der Waals surface area (Å²) in [6.07, 6.45) is 0.433. The van der Waals surface area contributed by atoms with Crippen molar-refractivity contribution in [2.45, 2.75) is 52.5 Å². The molecule has 0 fully saturated rings. The lowest BCUT2D eigenvalue weighted by Crippen LogP contribution is -2.51. The number of nitrogens with one attached hydrogen (secondary N) is 1. The molecule has 37 heavy (non-hydrogen) atoms. The summed E-state index contributed by atoms with van der Waals surface area (Å²) >= 11 is 8.06. The Labute approximate surface area is 230 Å². The van der Waals surface area contributed by atoms with Crippen molar-refractivity contribution < 1.29 is 9.59 Å². The number of thioether (sulfide) groups is 1. The SMILES string of the molecule is Cc1cc(C)cc(CSCC(=O)N(Cc2ccccc2Cl)[C@@H](Cc2ccccc2)C(=O)NCC(C)C)c1. The van der Waals surface area contributed by atoms with E-state index in [9.17, 15) is 9.59 Å². The van der Waals surface area contributed by atoms with E-state index in [1.807, 2.05) is 54.6 Å². The van der Waals surface area contributed by atoms with E-state index in [4.69, 9.17) is 11.6 Å². The maximum atomic E-state index is 13.7. The molecule has 4 nitrogen and oxygen atoms in total. The van der Waals surface area contributed by atoms with E-state index in [1.54, 1.807) is 16.7 Å². The Morgan fingerprint density at radius 3 is 2.22 bits per heavy atom. The molecule has 0 spiro atoms. The van der Waals surface area contributed by atoms with Crippen LogP contribution in [0.2, 0.25) is 5.02 Å². The molecule has 0 heterocycles. The van der Waals surface area contributed by atoms with Crippen molar-refractivity contribution in [1.82, 2.24) is 10.2 Å². The number of benzene rings is 3. The molecule has 0 radical (unpaired) electrons. The van der Waals surface area contributed by atoms with Crippen LogP contribution in [0.3, 0.4) is 0 Å². The van der Waals surface area contributed by atoms with Crippen LogP contribution in [0.15, 0.2) is 72.8 Å². The molecule has 3 aromatic carbocycles. The topological polar surface area (TPSA) is 49.4 Å². The number of carbonyl (C=O) groups excluding carboxylic acids is 2. The molecule has 0 bridgehead atoms. The van der Waals surface area contributed by atoms with Crippen molar-refractivity contribution in [2.75, 3.05) is 12.3 Å². The molecule has 0 aliphatic carbocycles. The van der Waals surface area contributed by atoms with Crippen LogP contribution in [0, 0.1) is 19.8 Å². The second kappa shape index (κ2) is 14.3. The summed E-state index contributed by atoms with van der Waals surface area (Å²) in [5.41, 5.74) is 5.46. The minimum absolute atomic E-state index is 0.0741. The third-order valence-electron chi connectivity index (χ3n) is 6.03. The standard InChI is InChI=1S/C31H37ClN2O2S/c1-22(2)18-33-31(36)29(17-25-10-6-5-7-11-25)34(19-27-12-8-9-13-28(27)32)30(35)21-37-20-26-15-23(3)14-24(4)16-26/h5-16,22,29H,17-21H2,1-4H3,(H,33,36)/t29-/m0/s1. The number of hydrogen-bond donors (Lipinski definition) is 1. The minimum Gasteiger partial charge on any atom is -0.354 e. The lowest BCUT2D eigenvalue weighted by molar-refractivity contribution is -0.139. The molecule has 6 heteroatoms. The summed E-state index contributed by atoms with van der Waals surface area (Å²) in [6, 6.07) is 23.2. The zero-order valence-electron chi connectivity index (χ0n) is 22.2. The van der Waals surface area contributed by atoms with Gasteiger partial charge in [0.1, 0.15) is 6.04 Å². The van der Waals surface area contributed by atoms with E-state index in [2.05, 4.69) is 51.2 Å². The van der Waals surface area contributed by atoms with Crippen LogP contribution in [-0.4, -0.2) is 35.1 Å². The molecule has 1 atom stereocenters. The third-order valence-corrected chi connectivity index (χ3v) is 7.39. The average molecular weight is 537 g/mol. The van der Waals surface area contributed by atoms with Crippen molar-refractivity contribution in [3.05, 3.63) is 106 Å². The first kappa shape index (κ1) is 28.8. The predicted octanol–water partition coefficient (Wildman–Crippen LogP) is 6.60. The summed E-state index contributed by atoms with van der Waals surface area (Å²) in [6.45, 7) is 9.11. The first-order valence-electron chi connectivity index (χ1n) is 12.7. The fourth-order valence-corrected chi connectivity index (χ4v) is 5.32. The quantitative estimate of drug-likeness (QED) is 0.283. The van der Waals surface area contributed by atoms with Crippen LogP contribution in [0.1, 0.15) is 41.7 Å². The number of amides is 2. The van der Waals surface area contributed by atoms with Gasteiger partial charge in [0.2, 0.25) is 11.8 Å². The van der Waals surface area contributed by atoms with Crippen molar-refractivity contribution in [1.29, 1.82) is 0 Å². The lowest BCUT2D eigenvalue weighted by Gasteiger charge is -2.32. The van der Waals surface area contributed by atoms with Crippen molar-refractivity contribution >= 4 is 35.2 Å². The van der Waals surface area contributed by atoms with Crippen molar-refractivity contribution in [3.8, 4) is 0 Å². The molecule has 1 N–H and O–H groups in total. The summed E-state index contributed by atoms with van der Waals surface area (Å²) in [4.78, 5) is 28.9. The van der Waals surface area contributed by atoms with Gasteiger partial charge in [-0.1, -0.05) is 103 Å². The van der Waals surface area contributed by atoms with Gasteiger partial charge in [-0.05, 0) is 42.5 Å².